The van der Waals surface area contributed by atoms with E-state index in [4.69, 9.17) is 9.47 Å². The van der Waals surface area contributed by atoms with E-state index in [9.17, 15) is 5.11 Å². The maximum atomic E-state index is 9.58. The molecule has 4 saturated carbocycles. The van der Waals surface area contributed by atoms with Crippen LogP contribution < -0.4 is 0 Å². The van der Waals surface area contributed by atoms with Crippen molar-refractivity contribution in [3.63, 3.8) is 0 Å². The molecule has 0 aromatic carbocycles. The fraction of sp³-hybridized carbons (Fsp3) is 1.00. The van der Waals surface area contributed by atoms with Crippen LogP contribution in [0, 0.1) is 40.4 Å². The number of hydrogen-bond acceptors (Lipinski definition) is 3. The van der Waals surface area contributed by atoms with E-state index in [0.29, 0.717) is 29.6 Å². The highest BCUT2D eigenvalue weighted by molar-refractivity contribution is 5.09. The van der Waals surface area contributed by atoms with Gasteiger partial charge in [0.1, 0.15) is 0 Å². The van der Waals surface area contributed by atoms with Crippen LogP contribution in [0.25, 0.3) is 0 Å². The predicted molar refractivity (Wildman–Crippen MR) is 116 cm³/mol. The first kappa shape index (κ1) is 20.8. The van der Waals surface area contributed by atoms with Crippen LogP contribution in [0.3, 0.4) is 0 Å². The van der Waals surface area contributed by atoms with Crippen molar-refractivity contribution in [2.24, 2.45) is 40.4 Å². The topological polar surface area (TPSA) is 38.7 Å². The van der Waals surface area contributed by atoms with E-state index < -0.39 is 0 Å². The van der Waals surface area contributed by atoms with Gasteiger partial charge >= 0.3 is 0 Å². The third-order valence-electron chi connectivity index (χ3n) is 10.8. The molecule has 1 heterocycles. The van der Waals surface area contributed by atoms with Gasteiger partial charge in [0.2, 0.25) is 0 Å². The molecule has 0 unspecified atom stereocenters. The van der Waals surface area contributed by atoms with Gasteiger partial charge in [-0.05, 0) is 117 Å². The Morgan fingerprint density at radius 2 is 1.72 bits per heavy atom. The molecule has 1 N–H and O–H groups in total. The van der Waals surface area contributed by atoms with Gasteiger partial charge in [-0.15, -0.1) is 0 Å². The first-order chi connectivity index (χ1) is 14.0. The van der Waals surface area contributed by atoms with E-state index in [1.807, 2.05) is 0 Å². The summed E-state index contributed by atoms with van der Waals surface area (Å²) in [4.78, 5) is 0. The second-order valence-electron chi connectivity index (χ2n) is 11.9. The molecule has 5 aliphatic rings. The maximum Gasteiger partial charge on any atom is 0.0813 e. The molecule has 0 spiro atoms. The number of aliphatic hydroxyl groups is 1. The molecule has 0 bridgehead atoms. The zero-order valence-corrected chi connectivity index (χ0v) is 18.9. The van der Waals surface area contributed by atoms with Gasteiger partial charge in [0.25, 0.3) is 0 Å². The van der Waals surface area contributed by atoms with Gasteiger partial charge in [0, 0.05) is 13.2 Å². The number of aliphatic hydroxyl groups excluding tert-OH is 1. The fourth-order valence-corrected chi connectivity index (χ4v) is 9.17. The summed E-state index contributed by atoms with van der Waals surface area (Å²) in [5.41, 5.74) is 1.05. The van der Waals surface area contributed by atoms with Crippen LogP contribution in [0.15, 0.2) is 0 Å². The van der Waals surface area contributed by atoms with Crippen LogP contribution in [0.5, 0.6) is 0 Å². The Balaban J connectivity index is 1.26. The number of rotatable bonds is 4. The lowest BCUT2D eigenvalue weighted by Crippen LogP contribution is -2.54. The summed E-state index contributed by atoms with van der Waals surface area (Å²) in [6, 6.07) is 0. The lowest BCUT2D eigenvalue weighted by Gasteiger charge is -2.61. The van der Waals surface area contributed by atoms with Gasteiger partial charge in [0.15, 0.2) is 0 Å². The van der Waals surface area contributed by atoms with Gasteiger partial charge in [-0.25, -0.2) is 0 Å². The Hall–Kier alpha value is -0.120. The second-order valence-corrected chi connectivity index (χ2v) is 11.9. The lowest BCUT2D eigenvalue weighted by atomic mass is 9.44. The Bertz CT molecular complexity index is 572. The quantitative estimate of drug-likeness (QED) is 0.663. The Labute approximate surface area is 178 Å². The molecule has 0 amide bonds. The normalized spacial score (nSPS) is 52.4. The van der Waals surface area contributed by atoms with Gasteiger partial charge in [0.05, 0.1) is 18.8 Å². The number of hydrogen-bond donors (Lipinski definition) is 1. The summed E-state index contributed by atoms with van der Waals surface area (Å²) in [7, 11) is 0. The van der Waals surface area contributed by atoms with Crippen LogP contribution in [-0.4, -0.2) is 37.1 Å². The molecule has 29 heavy (non-hydrogen) atoms. The van der Waals surface area contributed by atoms with Crippen molar-refractivity contribution in [1.82, 2.24) is 0 Å². The SMILES string of the molecule is C[C@]12CC[C@H](O[C@H]3CCCOC3)C[C@@H]1CC[C@@H]1[C@@H]2CC[C@]2(C)[C@@H](CCO)CC[C@@H]12. The minimum atomic E-state index is 0.354. The smallest absolute Gasteiger partial charge is 0.0813 e. The Morgan fingerprint density at radius 1 is 0.897 bits per heavy atom. The molecule has 3 heteroatoms. The predicted octanol–water partition coefficient (Wildman–Crippen LogP) is 5.59. The molecule has 3 nitrogen and oxygen atoms in total. The summed E-state index contributed by atoms with van der Waals surface area (Å²) in [5, 5.41) is 9.58. The largest absolute Gasteiger partial charge is 0.396 e. The van der Waals surface area contributed by atoms with Gasteiger partial charge in [-0.3, -0.25) is 0 Å². The highest BCUT2D eigenvalue weighted by Gasteiger charge is 2.60. The molecule has 166 valence electrons. The fourth-order valence-electron chi connectivity index (χ4n) is 9.17. The summed E-state index contributed by atoms with van der Waals surface area (Å²) in [6.45, 7) is 7.38. The molecule has 5 fully saturated rings. The molecule has 0 aromatic heterocycles. The molecule has 4 aliphatic carbocycles. The van der Waals surface area contributed by atoms with Crippen molar-refractivity contribution in [3.8, 4) is 0 Å². The molecule has 0 aromatic rings. The van der Waals surface area contributed by atoms with Crippen LogP contribution in [-0.2, 0) is 9.47 Å². The van der Waals surface area contributed by atoms with Crippen LogP contribution >= 0.6 is 0 Å². The minimum Gasteiger partial charge on any atom is -0.396 e. The third-order valence-corrected chi connectivity index (χ3v) is 10.8. The van der Waals surface area contributed by atoms with Gasteiger partial charge in [-0.1, -0.05) is 13.8 Å². The molecule has 9 atom stereocenters. The van der Waals surface area contributed by atoms with E-state index in [1.54, 1.807) is 0 Å². The second kappa shape index (κ2) is 8.10. The first-order valence-corrected chi connectivity index (χ1v) is 12.9. The molecule has 5 rings (SSSR count). The monoisotopic (exact) mass is 404 g/mol. The van der Waals surface area contributed by atoms with Gasteiger partial charge < -0.3 is 14.6 Å². The summed E-state index contributed by atoms with van der Waals surface area (Å²) < 4.78 is 12.2. The van der Waals surface area contributed by atoms with Crippen molar-refractivity contribution in [2.45, 2.75) is 103 Å². The zero-order chi connectivity index (χ0) is 20.1. The van der Waals surface area contributed by atoms with E-state index in [1.165, 1.54) is 70.6 Å². The molecular formula is C26H44O3. The Kier molecular flexibility index (Phi) is 5.80. The van der Waals surface area contributed by atoms with Crippen molar-refractivity contribution >= 4 is 0 Å². The summed E-state index contributed by atoms with van der Waals surface area (Å²) >= 11 is 0. The van der Waals surface area contributed by atoms with Crippen molar-refractivity contribution < 1.29 is 14.6 Å². The molecular weight excluding hydrogens is 360 g/mol. The van der Waals surface area contributed by atoms with E-state index >= 15 is 0 Å². The van der Waals surface area contributed by atoms with Crippen LogP contribution in [0.1, 0.15) is 90.9 Å². The highest BCUT2D eigenvalue weighted by atomic mass is 16.5. The van der Waals surface area contributed by atoms with E-state index in [-0.39, 0.29) is 0 Å². The summed E-state index contributed by atoms with van der Waals surface area (Å²) in [5.74, 6) is 4.44. The standard InChI is InChI=1S/C26H44O3/c1-25-13-10-24-22(23(25)8-6-18(25)11-14-27)7-5-19-16-20(9-12-26(19,24)2)29-21-4-3-15-28-17-21/h18-24,27H,3-17H2,1-2H3/t18-,19+,20+,21+,22+,23+,24+,25-,26+/m1/s1. The number of ether oxygens (including phenoxy) is 2. The maximum absolute atomic E-state index is 9.58. The summed E-state index contributed by atoms with van der Waals surface area (Å²) in [6.07, 6.45) is 16.7. The average molecular weight is 405 g/mol. The van der Waals surface area contributed by atoms with Crippen molar-refractivity contribution in [1.29, 1.82) is 0 Å². The molecule has 0 radical (unpaired) electrons. The van der Waals surface area contributed by atoms with E-state index in [2.05, 4.69) is 13.8 Å². The van der Waals surface area contributed by atoms with Crippen molar-refractivity contribution in [2.75, 3.05) is 19.8 Å². The molecule has 1 aliphatic heterocycles. The van der Waals surface area contributed by atoms with Crippen LogP contribution in [0.4, 0.5) is 0 Å². The number of fused-ring (bicyclic) bond motifs is 5. The minimum absolute atomic E-state index is 0.354. The average Bonchev–Trinajstić information content (AvgIpc) is 3.06. The van der Waals surface area contributed by atoms with E-state index in [0.717, 1.165) is 49.2 Å². The zero-order valence-electron chi connectivity index (χ0n) is 18.9. The highest BCUT2D eigenvalue weighted by Crippen LogP contribution is 2.67. The Morgan fingerprint density at radius 3 is 2.52 bits per heavy atom. The van der Waals surface area contributed by atoms with Crippen LogP contribution in [0.2, 0.25) is 0 Å². The third kappa shape index (κ3) is 3.52. The first-order valence-electron chi connectivity index (χ1n) is 12.9. The lowest BCUT2D eigenvalue weighted by molar-refractivity contribution is -0.154. The molecule has 1 saturated heterocycles. The van der Waals surface area contributed by atoms with Gasteiger partial charge in [-0.2, -0.15) is 0 Å². The van der Waals surface area contributed by atoms with Crippen molar-refractivity contribution in [3.05, 3.63) is 0 Å².